The lowest BCUT2D eigenvalue weighted by atomic mass is 10.1. The lowest BCUT2D eigenvalue weighted by molar-refractivity contribution is -0.385. The number of aromatic hydroxyl groups is 1. The standard InChI is InChI=1S/C22H22N4O5S/c1-2-25-21(28)20(14-15-3-8-19(27)18(13-15)26(29)30)32-22(25)23-16-4-6-17(7-5-16)24-9-11-31-12-10-24/h3-8,13-14,27H,2,9-12H2,1H3/b20-14-,23-22?. The number of benzene rings is 2. The minimum Gasteiger partial charge on any atom is -0.502 e. The topological polar surface area (TPSA) is 109 Å². The van der Waals surface area contributed by atoms with Crippen LogP contribution < -0.4 is 4.90 Å². The summed E-state index contributed by atoms with van der Waals surface area (Å²) in [4.78, 5) is 32.1. The predicted octanol–water partition coefficient (Wildman–Crippen LogP) is 3.76. The van der Waals surface area contributed by atoms with Crippen molar-refractivity contribution in [2.45, 2.75) is 6.92 Å². The highest BCUT2D eigenvalue weighted by molar-refractivity contribution is 8.18. The second kappa shape index (κ2) is 9.41. The van der Waals surface area contributed by atoms with E-state index in [4.69, 9.17) is 4.74 Å². The van der Waals surface area contributed by atoms with E-state index >= 15 is 0 Å². The first kappa shape index (κ1) is 21.8. The Balaban J connectivity index is 1.57. The predicted molar refractivity (Wildman–Crippen MR) is 124 cm³/mol. The van der Waals surface area contributed by atoms with Crippen LogP contribution >= 0.6 is 11.8 Å². The van der Waals surface area contributed by atoms with Crippen LogP contribution in [-0.2, 0) is 9.53 Å². The lowest BCUT2D eigenvalue weighted by Crippen LogP contribution is -2.36. The number of anilines is 1. The van der Waals surface area contributed by atoms with Crippen LogP contribution in [0.1, 0.15) is 12.5 Å². The van der Waals surface area contributed by atoms with Crippen LogP contribution in [0.2, 0.25) is 0 Å². The number of nitro groups is 1. The molecule has 166 valence electrons. The van der Waals surface area contributed by atoms with Crippen LogP contribution in [0.4, 0.5) is 17.1 Å². The van der Waals surface area contributed by atoms with Gasteiger partial charge in [0.15, 0.2) is 10.9 Å². The third kappa shape index (κ3) is 4.61. The van der Waals surface area contributed by atoms with Crippen molar-refractivity contribution in [3.8, 4) is 5.75 Å². The number of amidine groups is 1. The molecule has 4 rings (SSSR count). The molecule has 2 heterocycles. The van der Waals surface area contributed by atoms with E-state index in [0.717, 1.165) is 24.5 Å². The number of carbonyl (C=O) groups is 1. The van der Waals surface area contributed by atoms with Crippen molar-refractivity contribution in [3.63, 3.8) is 0 Å². The third-order valence-corrected chi connectivity index (χ3v) is 6.16. The summed E-state index contributed by atoms with van der Waals surface area (Å²) >= 11 is 1.22. The molecule has 0 spiro atoms. The van der Waals surface area contributed by atoms with Gasteiger partial charge in [0.1, 0.15) is 0 Å². The summed E-state index contributed by atoms with van der Waals surface area (Å²) in [6, 6.07) is 11.9. The Morgan fingerprint density at radius 1 is 1.22 bits per heavy atom. The first-order chi connectivity index (χ1) is 15.5. The van der Waals surface area contributed by atoms with Crippen molar-refractivity contribution in [1.82, 2.24) is 4.90 Å². The Labute approximate surface area is 189 Å². The molecule has 2 aliphatic heterocycles. The Kier molecular flexibility index (Phi) is 6.42. The molecule has 2 aromatic carbocycles. The van der Waals surface area contributed by atoms with E-state index in [1.54, 1.807) is 11.0 Å². The zero-order valence-corrected chi connectivity index (χ0v) is 18.2. The second-order valence-corrected chi connectivity index (χ2v) is 8.18. The fraction of sp³-hybridized carbons (Fsp3) is 0.273. The van der Waals surface area contributed by atoms with Crippen molar-refractivity contribution in [2.75, 3.05) is 37.7 Å². The number of carbonyl (C=O) groups excluding carboxylic acids is 1. The quantitative estimate of drug-likeness (QED) is 0.416. The number of thioether (sulfide) groups is 1. The van der Waals surface area contributed by atoms with E-state index in [0.29, 0.717) is 35.4 Å². The summed E-state index contributed by atoms with van der Waals surface area (Å²) in [6.07, 6.45) is 1.58. The molecule has 2 aliphatic rings. The fourth-order valence-electron chi connectivity index (χ4n) is 3.47. The van der Waals surface area contributed by atoms with Gasteiger partial charge in [-0.1, -0.05) is 6.07 Å². The van der Waals surface area contributed by atoms with Gasteiger partial charge >= 0.3 is 5.69 Å². The zero-order chi connectivity index (χ0) is 22.7. The summed E-state index contributed by atoms with van der Waals surface area (Å²) in [5, 5.41) is 21.3. The SMILES string of the molecule is CCN1C(=O)/C(=C/c2ccc(O)c([N+](=O)[O-])c2)SC1=Nc1ccc(N2CCOCC2)cc1. The summed E-state index contributed by atoms with van der Waals surface area (Å²) in [5.41, 5.74) is 1.89. The van der Waals surface area contributed by atoms with Crippen LogP contribution in [-0.4, -0.2) is 58.9 Å². The number of aliphatic imine (C=N–C) groups is 1. The largest absolute Gasteiger partial charge is 0.502 e. The van der Waals surface area contributed by atoms with Gasteiger partial charge < -0.3 is 14.7 Å². The molecule has 2 aromatic rings. The van der Waals surface area contributed by atoms with Crippen molar-refractivity contribution < 1.29 is 19.6 Å². The minimum absolute atomic E-state index is 0.211. The van der Waals surface area contributed by atoms with Gasteiger partial charge in [-0.2, -0.15) is 0 Å². The summed E-state index contributed by atoms with van der Waals surface area (Å²) in [7, 11) is 0. The number of hydrogen-bond acceptors (Lipinski definition) is 8. The molecular weight excluding hydrogens is 432 g/mol. The Morgan fingerprint density at radius 2 is 1.94 bits per heavy atom. The number of nitrogens with zero attached hydrogens (tertiary/aromatic N) is 4. The van der Waals surface area contributed by atoms with Gasteiger partial charge in [0, 0.05) is 31.4 Å². The second-order valence-electron chi connectivity index (χ2n) is 7.18. The Hall–Kier alpha value is -3.37. The molecule has 0 radical (unpaired) electrons. The molecule has 0 unspecified atom stereocenters. The number of likely N-dealkylation sites (N-methyl/N-ethyl adjacent to an activating group) is 1. The van der Waals surface area contributed by atoms with Crippen molar-refractivity contribution in [3.05, 3.63) is 63.0 Å². The number of phenols is 1. The maximum atomic E-state index is 12.8. The molecule has 32 heavy (non-hydrogen) atoms. The molecule has 0 bridgehead atoms. The molecule has 2 saturated heterocycles. The highest BCUT2D eigenvalue weighted by Gasteiger charge is 2.32. The minimum atomic E-state index is -0.660. The molecule has 1 N–H and O–H groups in total. The molecule has 2 fully saturated rings. The smallest absolute Gasteiger partial charge is 0.311 e. The summed E-state index contributed by atoms with van der Waals surface area (Å²) in [5.74, 6) is -0.627. The van der Waals surface area contributed by atoms with E-state index < -0.39 is 16.4 Å². The average molecular weight is 455 g/mol. The number of morpholine rings is 1. The Morgan fingerprint density at radius 3 is 2.59 bits per heavy atom. The summed E-state index contributed by atoms with van der Waals surface area (Å²) < 4.78 is 5.39. The molecule has 0 saturated carbocycles. The van der Waals surface area contributed by atoms with Crippen LogP contribution in [0.5, 0.6) is 5.75 Å². The van der Waals surface area contributed by atoms with Crippen LogP contribution in [0.25, 0.3) is 6.08 Å². The van der Waals surface area contributed by atoms with E-state index in [1.807, 2.05) is 31.2 Å². The van der Waals surface area contributed by atoms with Crippen LogP contribution in [0, 0.1) is 10.1 Å². The fourth-order valence-corrected chi connectivity index (χ4v) is 4.53. The monoisotopic (exact) mass is 454 g/mol. The van der Waals surface area contributed by atoms with Crippen LogP contribution in [0.3, 0.4) is 0 Å². The van der Waals surface area contributed by atoms with E-state index in [2.05, 4.69) is 9.89 Å². The van der Waals surface area contributed by atoms with Crippen molar-refractivity contribution in [1.29, 1.82) is 0 Å². The number of hydrogen-bond donors (Lipinski definition) is 1. The Bertz CT molecular complexity index is 1090. The maximum Gasteiger partial charge on any atom is 0.311 e. The van der Waals surface area contributed by atoms with Gasteiger partial charge in [-0.25, -0.2) is 4.99 Å². The number of phenolic OH excluding ortho intramolecular Hbond substituents is 1. The van der Waals surface area contributed by atoms with E-state index in [1.165, 1.54) is 30.0 Å². The summed E-state index contributed by atoms with van der Waals surface area (Å²) in [6.45, 7) is 5.45. The molecular formula is C22H22N4O5S. The number of amides is 1. The number of rotatable bonds is 5. The first-order valence-corrected chi connectivity index (χ1v) is 11.0. The van der Waals surface area contributed by atoms with Crippen molar-refractivity contribution in [2.24, 2.45) is 4.99 Å². The van der Waals surface area contributed by atoms with Gasteiger partial charge in [-0.15, -0.1) is 0 Å². The van der Waals surface area contributed by atoms with Gasteiger partial charge in [0.25, 0.3) is 5.91 Å². The molecule has 0 aliphatic carbocycles. The average Bonchev–Trinajstić information content (AvgIpc) is 3.09. The maximum absolute atomic E-state index is 12.8. The molecule has 0 aromatic heterocycles. The van der Waals surface area contributed by atoms with Crippen LogP contribution in [0.15, 0.2) is 52.4 Å². The normalized spacial score (nSPS) is 19.2. The van der Waals surface area contributed by atoms with Gasteiger partial charge in [-0.3, -0.25) is 19.8 Å². The molecule has 9 nitrogen and oxygen atoms in total. The van der Waals surface area contributed by atoms with Gasteiger partial charge in [0.2, 0.25) is 0 Å². The van der Waals surface area contributed by atoms with E-state index in [9.17, 15) is 20.0 Å². The highest BCUT2D eigenvalue weighted by Crippen LogP contribution is 2.35. The van der Waals surface area contributed by atoms with E-state index in [-0.39, 0.29) is 5.91 Å². The third-order valence-electron chi connectivity index (χ3n) is 5.15. The zero-order valence-electron chi connectivity index (χ0n) is 17.4. The van der Waals surface area contributed by atoms with Gasteiger partial charge in [0.05, 0.1) is 28.7 Å². The molecule has 10 heteroatoms. The number of nitro benzene ring substituents is 1. The highest BCUT2D eigenvalue weighted by atomic mass is 32.2. The lowest BCUT2D eigenvalue weighted by Gasteiger charge is -2.28. The van der Waals surface area contributed by atoms with Crippen molar-refractivity contribution >= 4 is 46.0 Å². The molecule has 1 amide bonds. The molecule has 0 atom stereocenters. The van der Waals surface area contributed by atoms with Gasteiger partial charge in [-0.05, 0) is 60.7 Å². The first-order valence-electron chi connectivity index (χ1n) is 10.2. The number of ether oxygens (including phenoxy) is 1.